The van der Waals surface area contributed by atoms with Crippen LogP contribution in [0.5, 0.6) is 0 Å². The number of thioether (sulfide) groups is 1. The van der Waals surface area contributed by atoms with E-state index in [0.29, 0.717) is 0 Å². The third-order valence-electron chi connectivity index (χ3n) is 2.79. The van der Waals surface area contributed by atoms with E-state index in [4.69, 9.17) is 18.5 Å². The molecule has 0 aromatic carbocycles. The summed E-state index contributed by atoms with van der Waals surface area (Å²) >= 11 is 1.34. The van der Waals surface area contributed by atoms with Crippen molar-refractivity contribution in [3.63, 3.8) is 0 Å². The van der Waals surface area contributed by atoms with Crippen molar-refractivity contribution in [2.45, 2.75) is 91.6 Å². The number of nitrogens with zero attached hydrogens (tertiary/aromatic N) is 1. The van der Waals surface area contributed by atoms with Crippen LogP contribution in [0.2, 0.25) is 6.04 Å². The van der Waals surface area contributed by atoms with Crippen molar-refractivity contribution in [2.75, 3.05) is 5.75 Å². The third kappa shape index (κ3) is 11.5. The highest BCUT2D eigenvalue weighted by atomic mass is 32.2. The van der Waals surface area contributed by atoms with Crippen molar-refractivity contribution in [2.24, 2.45) is 0 Å². The van der Waals surface area contributed by atoms with Gasteiger partial charge in [-0.15, -0.1) is 0 Å². The summed E-state index contributed by atoms with van der Waals surface area (Å²) in [6, 6.07) is 0.868. The van der Waals surface area contributed by atoms with Crippen molar-refractivity contribution in [3.05, 3.63) is 0 Å². The van der Waals surface area contributed by atoms with Gasteiger partial charge in [0.2, 0.25) is 0 Å². The third-order valence-corrected chi connectivity index (χ3v) is 6.87. The molecule has 0 unspecified atom stereocenters. The number of unbranched alkanes of at least 4 members (excludes halogenated alkanes) is 3. The van der Waals surface area contributed by atoms with E-state index in [1.807, 2.05) is 41.5 Å². The number of hydrogen-bond donors (Lipinski definition) is 0. The highest BCUT2D eigenvalue weighted by Crippen LogP contribution is 2.25. The largest absolute Gasteiger partial charge is 0.501 e. The van der Waals surface area contributed by atoms with Gasteiger partial charge in [0, 0.05) is 30.1 Å². The predicted molar refractivity (Wildman–Crippen MR) is 95.8 cm³/mol. The molecule has 6 heteroatoms. The van der Waals surface area contributed by atoms with Crippen LogP contribution in [0.1, 0.15) is 67.2 Å². The molecule has 22 heavy (non-hydrogen) atoms. The average Bonchev–Trinajstić information content (AvgIpc) is 2.35. The molecule has 0 aliphatic rings. The molecule has 0 heterocycles. The van der Waals surface area contributed by atoms with Crippen LogP contribution < -0.4 is 0 Å². The fraction of sp³-hybridized carbons (Fsp3) is 0.938. The first-order valence-electron chi connectivity index (χ1n) is 8.35. The van der Waals surface area contributed by atoms with Gasteiger partial charge in [-0.05, 0) is 66.1 Å². The molecule has 0 bridgehead atoms. The van der Waals surface area contributed by atoms with Crippen LogP contribution in [-0.2, 0) is 13.3 Å². The summed E-state index contributed by atoms with van der Waals surface area (Å²) in [5, 5.41) is 10.6. The van der Waals surface area contributed by atoms with Gasteiger partial charge in [-0.3, -0.25) is 0 Å². The van der Waals surface area contributed by atoms with E-state index in [2.05, 4.69) is 5.40 Å². The Morgan fingerprint density at radius 3 is 1.68 bits per heavy atom. The molecule has 0 aromatic rings. The summed E-state index contributed by atoms with van der Waals surface area (Å²) in [4.78, 5) is 0. The summed E-state index contributed by atoms with van der Waals surface area (Å²) < 4.78 is 18.5. The van der Waals surface area contributed by atoms with Crippen LogP contribution in [0.25, 0.3) is 0 Å². The van der Waals surface area contributed by atoms with Crippen LogP contribution in [0.4, 0.5) is 0 Å². The Morgan fingerprint density at radius 2 is 1.27 bits per heavy atom. The van der Waals surface area contributed by atoms with Gasteiger partial charge in [0.05, 0.1) is 0 Å². The quantitative estimate of drug-likeness (QED) is 0.267. The normalized spacial score (nSPS) is 12.4. The molecule has 0 radical (unpaired) electrons. The Labute approximate surface area is 142 Å². The van der Waals surface area contributed by atoms with Crippen LogP contribution in [0, 0.1) is 10.7 Å². The molecule has 0 amide bonds. The van der Waals surface area contributed by atoms with E-state index in [1.54, 1.807) is 0 Å². The molecule has 0 spiro atoms. The minimum absolute atomic E-state index is 0.108. The van der Waals surface area contributed by atoms with Crippen molar-refractivity contribution in [3.8, 4) is 5.40 Å². The van der Waals surface area contributed by atoms with E-state index in [0.717, 1.165) is 37.5 Å². The zero-order valence-corrected chi connectivity index (χ0v) is 16.9. The Hall–Kier alpha value is -0.0631. The van der Waals surface area contributed by atoms with Gasteiger partial charge in [-0.25, -0.2) is 0 Å². The highest BCUT2D eigenvalue weighted by Gasteiger charge is 2.43. The molecule has 130 valence electrons. The zero-order valence-electron chi connectivity index (χ0n) is 15.1. The number of hydrogen-bond acceptors (Lipinski definition) is 5. The lowest BCUT2D eigenvalue weighted by Gasteiger charge is -2.34. The molecular weight excluding hydrogens is 314 g/mol. The summed E-state index contributed by atoms with van der Waals surface area (Å²) in [6.45, 7) is 12.2. The summed E-state index contributed by atoms with van der Waals surface area (Å²) in [5.74, 6) is 0.923. The summed E-state index contributed by atoms with van der Waals surface area (Å²) in [6.07, 6.45) is 4.74. The standard InChI is InChI=1S/C16H33NO3SSi/c1-14(2)18-22(19-15(3)4,20-16(5)6)12-10-8-7-9-11-21-13-17/h14-16H,7-12H2,1-6H3. The smallest absolute Gasteiger partial charge is 0.371 e. The van der Waals surface area contributed by atoms with E-state index < -0.39 is 8.80 Å². The predicted octanol–water partition coefficient (Wildman–Crippen LogP) is 4.97. The maximum atomic E-state index is 8.50. The van der Waals surface area contributed by atoms with Gasteiger partial charge in [0.1, 0.15) is 5.40 Å². The number of nitriles is 1. The second-order valence-electron chi connectivity index (χ2n) is 6.29. The van der Waals surface area contributed by atoms with Crippen LogP contribution in [0.15, 0.2) is 0 Å². The Bertz CT molecular complexity index is 292. The molecule has 0 rings (SSSR count). The topological polar surface area (TPSA) is 51.5 Å². The van der Waals surface area contributed by atoms with Crippen LogP contribution >= 0.6 is 11.8 Å². The molecule has 0 aliphatic carbocycles. The van der Waals surface area contributed by atoms with E-state index in [-0.39, 0.29) is 18.3 Å². The first kappa shape index (κ1) is 21.9. The SMILES string of the molecule is CC(C)O[Si](CCCCCCSC#N)(OC(C)C)OC(C)C. The van der Waals surface area contributed by atoms with Crippen molar-refractivity contribution in [1.29, 1.82) is 5.26 Å². The molecule has 0 aliphatic heterocycles. The van der Waals surface area contributed by atoms with Crippen LogP contribution in [0.3, 0.4) is 0 Å². The molecule has 0 atom stereocenters. The Morgan fingerprint density at radius 1 is 0.818 bits per heavy atom. The van der Waals surface area contributed by atoms with Crippen LogP contribution in [-0.4, -0.2) is 32.9 Å². The van der Waals surface area contributed by atoms with E-state index in [1.165, 1.54) is 11.8 Å². The zero-order chi connectivity index (χ0) is 17.0. The fourth-order valence-corrected chi connectivity index (χ4v) is 6.05. The second kappa shape index (κ2) is 12.4. The molecular formula is C16H33NO3SSi. The lowest BCUT2D eigenvalue weighted by molar-refractivity contribution is 0.00279. The van der Waals surface area contributed by atoms with Crippen molar-refractivity contribution in [1.82, 2.24) is 0 Å². The molecule has 4 nitrogen and oxygen atoms in total. The van der Waals surface area contributed by atoms with Gasteiger partial charge in [0.25, 0.3) is 0 Å². The molecule has 0 fully saturated rings. The average molecular weight is 348 g/mol. The number of thiocyanates is 1. The van der Waals surface area contributed by atoms with Gasteiger partial charge in [0.15, 0.2) is 0 Å². The van der Waals surface area contributed by atoms with Gasteiger partial charge in [-0.2, -0.15) is 5.26 Å². The van der Waals surface area contributed by atoms with Crippen molar-refractivity contribution >= 4 is 20.6 Å². The molecule has 0 saturated heterocycles. The molecule has 0 N–H and O–H groups in total. The lowest BCUT2D eigenvalue weighted by Crippen LogP contribution is -2.50. The van der Waals surface area contributed by atoms with Gasteiger partial charge in [-0.1, -0.05) is 12.8 Å². The Kier molecular flexibility index (Phi) is 12.3. The first-order chi connectivity index (χ1) is 10.3. The van der Waals surface area contributed by atoms with Gasteiger partial charge < -0.3 is 13.3 Å². The van der Waals surface area contributed by atoms with Gasteiger partial charge >= 0.3 is 8.80 Å². The monoisotopic (exact) mass is 347 g/mol. The molecule has 0 aromatic heterocycles. The highest BCUT2D eigenvalue weighted by molar-refractivity contribution is 8.03. The fourth-order valence-electron chi connectivity index (χ4n) is 2.25. The lowest BCUT2D eigenvalue weighted by atomic mass is 10.2. The van der Waals surface area contributed by atoms with E-state index in [9.17, 15) is 0 Å². The summed E-state index contributed by atoms with van der Waals surface area (Å²) in [5.41, 5.74) is 0. The maximum Gasteiger partial charge on any atom is 0.501 e. The first-order valence-corrected chi connectivity index (χ1v) is 11.3. The minimum atomic E-state index is -2.62. The minimum Gasteiger partial charge on any atom is -0.371 e. The Balaban J connectivity index is 4.45. The van der Waals surface area contributed by atoms with Crippen molar-refractivity contribution < 1.29 is 13.3 Å². The second-order valence-corrected chi connectivity index (χ2v) is 9.74. The summed E-state index contributed by atoms with van der Waals surface area (Å²) in [7, 11) is -2.62. The number of rotatable bonds is 13. The molecule has 0 saturated carbocycles. The maximum absolute atomic E-state index is 8.50. The van der Waals surface area contributed by atoms with E-state index >= 15 is 0 Å².